The third-order valence-corrected chi connectivity index (χ3v) is 6.25. The summed E-state index contributed by atoms with van der Waals surface area (Å²) in [5.41, 5.74) is 0.929. The van der Waals surface area contributed by atoms with Gasteiger partial charge in [0.2, 0.25) is 12.3 Å². The van der Waals surface area contributed by atoms with Crippen LogP contribution >= 0.6 is 0 Å². The quantitative estimate of drug-likeness (QED) is 0.277. The number of allylic oxidation sites excluding steroid dienone is 2. The molecule has 3 aromatic heterocycles. The lowest BCUT2D eigenvalue weighted by Gasteiger charge is -2.19. The van der Waals surface area contributed by atoms with Crippen LogP contribution in [0.25, 0.3) is 22.4 Å². The second kappa shape index (κ2) is 9.52. The number of anilines is 3. The number of hydrogen-bond donors (Lipinski definition) is 3. The van der Waals surface area contributed by atoms with Gasteiger partial charge in [-0.3, -0.25) is 9.48 Å². The lowest BCUT2D eigenvalue weighted by Crippen LogP contribution is -2.24. The van der Waals surface area contributed by atoms with E-state index in [0.717, 1.165) is 6.39 Å². The van der Waals surface area contributed by atoms with Gasteiger partial charge in [0.05, 0.1) is 42.4 Å². The normalized spacial score (nSPS) is 13.4. The number of aliphatic hydroxyl groups is 1. The van der Waals surface area contributed by atoms with E-state index in [-0.39, 0.29) is 46.4 Å². The highest BCUT2D eigenvalue weighted by Gasteiger charge is 2.22. The zero-order chi connectivity index (χ0) is 26.2. The van der Waals surface area contributed by atoms with Crippen LogP contribution in [0.5, 0.6) is 0 Å². The summed E-state index contributed by atoms with van der Waals surface area (Å²) in [6.07, 6.45) is 6.29. The van der Waals surface area contributed by atoms with E-state index in [1.165, 1.54) is 41.2 Å². The Morgan fingerprint density at radius 1 is 1.08 bits per heavy atom. The van der Waals surface area contributed by atoms with Crippen LogP contribution in [0.2, 0.25) is 0 Å². The first-order valence-corrected chi connectivity index (χ1v) is 11.6. The molecule has 1 aliphatic rings. The van der Waals surface area contributed by atoms with E-state index in [1.807, 2.05) is 12.2 Å². The average molecular weight is 518 g/mol. The van der Waals surface area contributed by atoms with Gasteiger partial charge in [-0.2, -0.15) is 4.98 Å². The maximum Gasteiger partial charge on any atom is 0.274 e. The van der Waals surface area contributed by atoms with Gasteiger partial charge in [0.25, 0.3) is 11.4 Å². The highest BCUT2D eigenvalue weighted by molar-refractivity contribution is 5.84. The third-order valence-electron chi connectivity index (χ3n) is 6.25. The van der Waals surface area contributed by atoms with Crippen LogP contribution < -0.4 is 16.2 Å². The molecule has 0 saturated carbocycles. The summed E-state index contributed by atoms with van der Waals surface area (Å²) in [6.45, 7) is 0.398. The fraction of sp³-hybridized carbons (Fsp3) is 0.160. The van der Waals surface area contributed by atoms with Gasteiger partial charge in [0.15, 0.2) is 5.82 Å². The van der Waals surface area contributed by atoms with E-state index >= 15 is 4.39 Å². The van der Waals surface area contributed by atoms with E-state index < -0.39 is 17.7 Å². The fourth-order valence-corrected chi connectivity index (χ4v) is 4.39. The van der Waals surface area contributed by atoms with Gasteiger partial charge in [-0.25, -0.2) is 18.4 Å². The standard InChI is InChI=1S/C25H20F2N8O3/c26-15-5-3-14(4-6-15)19(12-36)30-22-17(23-33-29-13-38-23)11-28-25(32-22)31-18-8-7-16-21(20(18)27)34-9-1-2-10-35(34)24(16)37/h1-8,11,13,19,36H,9-10,12H2,(H2,28,30,31,32)/t19-/m1/s1. The molecule has 3 N–H and O–H groups in total. The van der Waals surface area contributed by atoms with E-state index in [2.05, 4.69) is 30.8 Å². The Hall–Kier alpha value is -4.91. The Morgan fingerprint density at radius 2 is 1.87 bits per heavy atom. The second-order valence-corrected chi connectivity index (χ2v) is 8.52. The number of nitrogens with one attached hydrogen (secondary N) is 2. The van der Waals surface area contributed by atoms with Crippen LogP contribution in [-0.2, 0) is 13.1 Å². The average Bonchev–Trinajstić information content (AvgIpc) is 3.57. The number of aliphatic hydroxyl groups excluding tert-OH is 1. The molecule has 2 aromatic carbocycles. The van der Waals surface area contributed by atoms with Crippen molar-refractivity contribution in [2.45, 2.75) is 19.1 Å². The number of hydrogen-bond acceptors (Lipinski definition) is 9. The van der Waals surface area contributed by atoms with Crippen molar-refractivity contribution in [1.29, 1.82) is 0 Å². The number of nitrogens with zero attached hydrogens (tertiary/aromatic N) is 6. The fourth-order valence-electron chi connectivity index (χ4n) is 4.39. The number of halogens is 2. The van der Waals surface area contributed by atoms with Gasteiger partial charge in [-0.05, 0) is 29.8 Å². The summed E-state index contributed by atoms with van der Waals surface area (Å²) >= 11 is 0. The van der Waals surface area contributed by atoms with Crippen molar-refractivity contribution < 1.29 is 18.3 Å². The first-order chi connectivity index (χ1) is 18.5. The highest BCUT2D eigenvalue weighted by Crippen LogP contribution is 2.31. The molecule has 11 nitrogen and oxygen atoms in total. The minimum atomic E-state index is -0.666. The smallest absolute Gasteiger partial charge is 0.274 e. The van der Waals surface area contributed by atoms with Crippen LogP contribution in [0.3, 0.4) is 0 Å². The van der Waals surface area contributed by atoms with Crippen molar-refractivity contribution in [2.24, 2.45) is 0 Å². The van der Waals surface area contributed by atoms with E-state index in [0.29, 0.717) is 24.2 Å². The summed E-state index contributed by atoms with van der Waals surface area (Å²) in [6, 6.07) is 7.99. The second-order valence-electron chi connectivity index (χ2n) is 8.52. The summed E-state index contributed by atoms with van der Waals surface area (Å²) in [4.78, 5) is 21.4. The van der Waals surface area contributed by atoms with E-state index in [9.17, 15) is 14.3 Å². The van der Waals surface area contributed by atoms with Gasteiger partial charge in [0.1, 0.15) is 17.2 Å². The molecule has 1 aliphatic heterocycles. The molecule has 0 unspecified atom stereocenters. The molecule has 13 heteroatoms. The van der Waals surface area contributed by atoms with Gasteiger partial charge in [-0.1, -0.05) is 24.3 Å². The van der Waals surface area contributed by atoms with Crippen LogP contribution in [-0.4, -0.2) is 41.2 Å². The maximum atomic E-state index is 15.7. The molecule has 192 valence electrons. The van der Waals surface area contributed by atoms with Crippen LogP contribution in [0.4, 0.5) is 26.2 Å². The van der Waals surface area contributed by atoms with Crippen molar-refractivity contribution in [2.75, 3.05) is 17.2 Å². The Balaban J connectivity index is 1.38. The first kappa shape index (κ1) is 23.5. The van der Waals surface area contributed by atoms with Crippen molar-refractivity contribution in [3.8, 4) is 11.5 Å². The number of rotatable bonds is 7. The lowest BCUT2D eigenvalue weighted by atomic mass is 10.1. The van der Waals surface area contributed by atoms with Crippen molar-refractivity contribution in [3.63, 3.8) is 0 Å². The summed E-state index contributed by atoms with van der Waals surface area (Å²) in [5, 5.41) is 23.8. The molecule has 1 atom stereocenters. The summed E-state index contributed by atoms with van der Waals surface area (Å²) in [5.74, 6) is -0.667. The van der Waals surface area contributed by atoms with Gasteiger partial charge < -0.3 is 20.2 Å². The molecule has 0 amide bonds. The van der Waals surface area contributed by atoms with Gasteiger partial charge in [0, 0.05) is 6.20 Å². The zero-order valence-corrected chi connectivity index (χ0v) is 19.7. The lowest BCUT2D eigenvalue weighted by molar-refractivity contribution is 0.276. The highest BCUT2D eigenvalue weighted by atomic mass is 19.1. The molecule has 5 aromatic rings. The molecule has 0 aliphatic carbocycles. The zero-order valence-electron chi connectivity index (χ0n) is 19.7. The van der Waals surface area contributed by atoms with Crippen molar-refractivity contribution >= 4 is 28.4 Å². The topological polar surface area (TPSA) is 136 Å². The molecular formula is C25H20F2N8O3. The minimum absolute atomic E-state index is 0.0325. The molecule has 0 radical (unpaired) electrons. The first-order valence-electron chi connectivity index (χ1n) is 11.6. The monoisotopic (exact) mass is 518 g/mol. The Morgan fingerprint density at radius 3 is 2.61 bits per heavy atom. The molecule has 4 heterocycles. The Kier molecular flexibility index (Phi) is 5.88. The largest absolute Gasteiger partial charge is 0.423 e. The molecule has 0 fully saturated rings. The summed E-state index contributed by atoms with van der Waals surface area (Å²) in [7, 11) is 0. The minimum Gasteiger partial charge on any atom is -0.423 e. The molecule has 6 rings (SSSR count). The van der Waals surface area contributed by atoms with Crippen molar-refractivity contribution in [3.05, 3.63) is 88.7 Å². The predicted molar refractivity (Wildman–Crippen MR) is 134 cm³/mol. The van der Waals surface area contributed by atoms with Gasteiger partial charge >= 0.3 is 0 Å². The Labute approximate surface area is 213 Å². The molecular weight excluding hydrogens is 498 g/mol. The van der Waals surface area contributed by atoms with E-state index in [1.54, 1.807) is 10.7 Å². The molecule has 38 heavy (non-hydrogen) atoms. The predicted octanol–water partition coefficient (Wildman–Crippen LogP) is 3.38. The van der Waals surface area contributed by atoms with Crippen molar-refractivity contribution in [1.82, 2.24) is 29.5 Å². The van der Waals surface area contributed by atoms with E-state index in [4.69, 9.17) is 4.42 Å². The summed E-state index contributed by atoms with van der Waals surface area (Å²) < 4.78 is 37.5. The molecule has 0 saturated heterocycles. The SMILES string of the molecule is O=c1c2ccc(Nc3ncc(-c4nnco4)c(N[C@H](CO)c4ccc(F)cc4)n3)c(F)c2n2n1CC=CC2. The Bertz CT molecular complexity index is 1710. The molecule has 0 spiro atoms. The number of aromatic nitrogens is 6. The van der Waals surface area contributed by atoms with Crippen LogP contribution in [0, 0.1) is 11.6 Å². The molecule has 0 bridgehead atoms. The number of benzene rings is 2. The maximum absolute atomic E-state index is 15.7. The third kappa shape index (κ3) is 4.08. The van der Waals surface area contributed by atoms with Crippen LogP contribution in [0.1, 0.15) is 11.6 Å². The number of fused-ring (bicyclic) bond motifs is 3. The van der Waals surface area contributed by atoms with Gasteiger partial charge in [-0.15, -0.1) is 10.2 Å². The van der Waals surface area contributed by atoms with Crippen LogP contribution in [0.15, 0.2) is 70.4 Å².